The molecule has 0 fully saturated rings. The SMILES string of the molecule is Nc1nc2ncn(Cc3ccc4ccccc4c3)c2c(=O)n1CCc1ccc2nonc2c1. The molecular weight excluding hydrogens is 418 g/mol. The van der Waals surface area contributed by atoms with E-state index in [1.54, 1.807) is 6.33 Å². The first kappa shape index (κ1) is 19.2. The van der Waals surface area contributed by atoms with Crippen LogP contribution >= 0.6 is 0 Å². The van der Waals surface area contributed by atoms with Gasteiger partial charge in [0.2, 0.25) is 5.95 Å². The van der Waals surface area contributed by atoms with E-state index in [2.05, 4.69) is 50.6 Å². The lowest BCUT2D eigenvalue weighted by molar-refractivity contribution is 0.315. The summed E-state index contributed by atoms with van der Waals surface area (Å²) in [4.78, 5) is 22.1. The molecule has 6 aromatic rings. The molecule has 2 N–H and O–H groups in total. The van der Waals surface area contributed by atoms with E-state index in [1.807, 2.05) is 34.9 Å². The molecule has 0 amide bonds. The van der Waals surface area contributed by atoms with Gasteiger partial charge in [-0.2, -0.15) is 4.98 Å². The van der Waals surface area contributed by atoms with Gasteiger partial charge in [-0.05, 0) is 56.8 Å². The van der Waals surface area contributed by atoms with E-state index in [-0.39, 0.29) is 11.5 Å². The fraction of sp³-hybridized carbons (Fsp3) is 0.125. The van der Waals surface area contributed by atoms with Crippen LogP contribution in [0.1, 0.15) is 11.1 Å². The van der Waals surface area contributed by atoms with Crippen LogP contribution < -0.4 is 11.3 Å². The third kappa shape index (κ3) is 3.39. The van der Waals surface area contributed by atoms with E-state index in [1.165, 1.54) is 9.95 Å². The fourth-order valence-corrected chi connectivity index (χ4v) is 4.17. The van der Waals surface area contributed by atoms with Crippen LogP contribution in [0.4, 0.5) is 5.95 Å². The molecule has 0 bridgehead atoms. The van der Waals surface area contributed by atoms with Crippen molar-refractivity contribution in [3.63, 3.8) is 0 Å². The van der Waals surface area contributed by atoms with Gasteiger partial charge in [0.1, 0.15) is 11.0 Å². The maximum atomic E-state index is 13.4. The molecule has 0 radical (unpaired) electrons. The monoisotopic (exact) mass is 437 g/mol. The molecular formula is C24H19N7O2. The topological polar surface area (TPSA) is 118 Å². The van der Waals surface area contributed by atoms with E-state index in [0.717, 1.165) is 16.5 Å². The molecule has 0 aliphatic carbocycles. The van der Waals surface area contributed by atoms with E-state index < -0.39 is 0 Å². The maximum Gasteiger partial charge on any atom is 0.281 e. The van der Waals surface area contributed by atoms with E-state index in [0.29, 0.717) is 41.7 Å². The predicted molar refractivity (Wildman–Crippen MR) is 125 cm³/mol. The summed E-state index contributed by atoms with van der Waals surface area (Å²) in [7, 11) is 0. The predicted octanol–water partition coefficient (Wildman–Crippen LogP) is 3.16. The van der Waals surface area contributed by atoms with Crippen LogP contribution in [0.2, 0.25) is 0 Å². The minimum absolute atomic E-state index is 0.146. The molecule has 9 nitrogen and oxygen atoms in total. The quantitative estimate of drug-likeness (QED) is 0.440. The first-order valence-corrected chi connectivity index (χ1v) is 10.6. The highest BCUT2D eigenvalue weighted by atomic mass is 16.6. The van der Waals surface area contributed by atoms with Gasteiger partial charge in [-0.15, -0.1) is 0 Å². The average molecular weight is 437 g/mol. The Morgan fingerprint density at radius 3 is 2.64 bits per heavy atom. The molecule has 0 spiro atoms. The summed E-state index contributed by atoms with van der Waals surface area (Å²) in [5.41, 5.74) is 10.1. The van der Waals surface area contributed by atoms with Gasteiger partial charge >= 0.3 is 0 Å². The molecule has 0 unspecified atom stereocenters. The largest absolute Gasteiger partial charge is 0.369 e. The molecule has 6 rings (SSSR count). The second-order valence-electron chi connectivity index (χ2n) is 7.99. The third-order valence-corrected chi connectivity index (χ3v) is 5.87. The third-order valence-electron chi connectivity index (χ3n) is 5.87. The van der Waals surface area contributed by atoms with Crippen molar-refractivity contribution in [3.8, 4) is 0 Å². The van der Waals surface area contributed by atoms with Gasteiger partial charge in [0.15, 0.2) is 11.2 Å². The summed E-state index contributed by atoms with van der Waals surface area (Å²) < 4.78 is 8.07. The first-order chi connectivity index (χ1) is 16.2. The van der Waals surface area contributed by atoms with Gasteiger partial charge in [0.05, 0.1) is 6.33 Å². The number of aryl methyl sites for hydroxylation is 1. The second-order valence-corrected chi connectivity index (χ2v) is 7.99. The lowest BCUT2D eigenvalue weighted by Gasteiger charge is -2.11. The maximum absolute atomic E-state index is 13.4. The van der Waals surface area contributed by atoms with Crippen LogP contribution in [0.15, 0.2) is 76.4 Å². The molecule has 33 heavy (non-hydrogen) atoms. The highest BCUT2D eigenvalue weighted by Crippen LogP contribution is 2.18. The zero-order valence-electron chi connectivity index (χ0n) is 17.5. The van der Waals surface area contributed by atoms with Crippen molar-refractivity contribution in [1.29, 1.82) is 0 Å². The zero-order chi connectivity index (χ0) is 22.4. The molecule has 3 aromatic heterocycles. The Kier molecular flexibility index (Phi) is 4.39. The normalized spacial score (nSPS) is 11.6. The highest BCUT2D eigenvalue weighted by Gasteiger charge is 2.15. The second kappa shape index (κ2) is 7.56. The van der Waals surface area contributed by atoms with Crippen LogP contribution in [0.5, 0.6) is 0 Å². The molecule has 0 aliphatic heterocycles. The number of rotatable bonds is 5. The van der Waals surface area contributed by atoms with E-state index in [9.17, 15) is 4.79 Å². The van der Waals surface area contributed by atoms with Crippen molar-refractivity contribution in [2.75, 3.05) is 5.73 Å². The molecule has 0 saturated heterocycles. The lowest BCUT2D eigenvalue weighted by Crippen LogP contribution is -2.27. The van der Waals surface area contributed by atoms with Crippen LogP contribution in [0, 0.1) is 0 Å². The molecule has 162 valence electrons. The number of nitrogens with zero attached hydrogens (tertiary/aromatic N) is 6. The smallest absolute Gasteiger partial charge is 0.281 e. The molecule has 9 heteroatoms. The van der Waals surface area contributed by atoms with Gasteiger partial charge in [-0.25, -0.2) is 9.61 Å². The van der Waals surface area contributed by atoms with Crippen molar-refractivity contribution in [3.05, 3.63) is 88.5 Å². The van der Waals surface area contributed by atoms with Gasteiger partial charge in [0.25, 0.3) is 5.56 Å². The molecule has 0 saturated carbocycles. The Bertz CT molecular complexity index is 1700. The van der Waals surface area contributed by atoms with Crippen LogP contribution in [-0.2, 0) is 19.5 Å². The number of fused-ring (bicyclic) bond motifs is 3. The number of imidazole rings is 1. The minimum atomic E-state index is -0.208. The summed E-state index contributed by atoms with van der Waals surface area (Å²) in [5, 5.41) is 10.0. The minimum Gasteiger partial charge on any atom is -0.369 e. The van der Waals surface area contributed by atoms with Crippen LogP contribution in [-0.4, -0.2) is 29.4 Å². The summed E-state index contributed by atoms with van der Waals surface area (Å²) in [5.74, 6) is 0.146. The van der Waals surface area contributed by atoms with Crippen molar-refractivity contribution >= 4 is 38.9 Å². The van der Waals surface area contributed by atoms with Crippen molar-refractivity contribution < 1.29 is 4.63 Å². The summed E-state index contributed by atoms with van der Waals surface area (Å²) in [6, 6.07) is 20.1. The van der Waals surface area contributed by atoms with Gasteiger partial charge in [-0.1, -0.05) is 42.5 Å². The summed E-state index contributed by atoms with van der Waals surface area (Å²) >= 11 is 0. The molecule has 3 aromatic carbocycles. The lowest BCUT2D eigenvalue weighted by atomic mass is 10.1. The fourth-order valence-electron chi connectivity index (χ4n) is 4.17. The number of nitrogen functional groups attached to an aromatic ring is 1. The number of anilines is 1. The first-order valence-electron chi connectivity index (χ1n) is 10.6. The Balaban J connectivity index is 1.33. The zero-order valence-corrected chi connectivity index (χ0v) is 17.5. The number of benzene rings is 3. The van der Waals surface area contributed by atoms with Gasteiger partial charge in [-0.3, -0.25) is 9.36 Å². The van der Waals surface area contributed by atoms with E-state index >= 15 is 0 Å². The van der Waals surface area contributed by atoms with Gasteiger partial charge in [0, 0.05) is 13.1 Å². The van der Waals surface area contributed by atoms with Gasteiger partial charge < -0.3 is 10.3 Å². The highest BCUT2D eigenvalue weighted by molar-refractivity contribution is 5.83. The van der Waals surface area contributed by atoms with Crippen molar-refractivity contribution in [2.45, 2.75) is 19.5 Å². The number of aromatic nitrogens is 6. The standard InChI is InChI=1S/C24H19N7O2/c25-24-27-22-21(23(32)31(24)10-9-15-6-8-19-20(12-15)29-33-28-19)30(14-26-22)13-16-5-7-17-3-1-2-4-18(17)11-16/h1-8,11-12,14H,9-10,13H2,(H2,25,27). The number of hydrogen-bond acceptors (Lipinski definition) is 7. The molecule has 0 atom stereocenters. The van der Waals surface area contributed by atoms with E-state index in [4.69, 9.17) is 10.4 Å². The van der Waals surface area contributed by atoms with Crippen LogP contribution in [0.25, 0.3) is 33.0 Å². The Morgan fingerprint density at radius 1 is 0.909 bits per heavy atom. The molecule has 3 heterocycles. The van der Waals surface area contributed by atoms with Crippen molar-refractivity contribution in [1.82, 2.24) is 29.4 Å². The summed E-state index contributed by atoms with van der Waals surface area (Å²) in [6.45, 7) is 0.892. The Hall–Kier alpha value is -4.53. The molecule has 0 aliphatic rings. The number of hydrogen-bond donors (Lipinski definition) is 1. The summed E-state index contributed by atoms with van der Waals surface area (Å²) in [6.07, 6.45) is 2.22. The number of nitrogens with two attached hydrogens (primary N) is 1. The van der Waals surface area contributed by atoms with Crippen molar-refractivity contribution in [2.24, 2.45) is 0 Å². The average Bonchev–Trinajstić information content (AvgIpc) is 3.45. The Labute approximate surface area is 187 Å². The Morgan fingerprint density at radius 2 is 1.73 bits per heavy atom. The van der Waals surface area contributed by atoms with Crippen LogP contribution in [0.3, 0.4) is 0 Å².